The minimum atomic E-state index is -1.08. The first-order valence-electron chi connectivity index (χ1n) is 8.38. The number of carboxylic acids is 1. The Morgan fingerprint density at radius 1 is 1.15 bits per heavy atom. The molecule has 0 aliphatic rings. The van der Waals surface area contributed by atoms with Crippen LogP contribution in [-0.2, 0) is 18.4 Å². The average molecular weight is 364 g/mol. The van der Waals surface area contributed by atoms with Crippen LogP contribution in [-0.4, -0.2) is 38.2 Å². The Labute approximate surface area is 156 Å². The van der Waals surface area contributed by atoms with Gasteiger partial charge in [-0.2, -0.15) is 5.10 Å². The highest BCUT2D eigenvalue weighted by Gasteiger charge is 2.22. The Bertz CT molecular complexity index is 966. The first-order valence-corrected chi connectivity index (χ1v) is 8.38. The normalized spacial score (nSPS) is 10.6. The van der Waals surface area contributed by atoms with Crippen molar-refractivity contribution < 1.29 is 14.7 Å². The Balaban J connectivity index is 1.95. The van der Waals surface area contributed by atoms with Gasteiger partial charge in [-0.25, -0.2) is 0 Å². The summed E-state index contributed by atoms with van der Waals surface area (Å²) in [5.41, 5.74) is 9.05. The van der Waals surface area contributed by atoms with Crippen molar-refractivity contribution in [2.45, 2.75) is 6.54 Å². The molecule has 0 radical (unpaired) electrons. The van der Waals surface area contributed by atoms with Gasteiger partial charge in [0.05, 0.1) is 11.3 Å². The van der Waals surface area contributed by atoms with Crippen molar-refractivity contribution in [1.29, 1.82) is 0 Å². The first kappa shape index (κ1) is 18.2. The molecule has 0 atom stereocenters. The van der Waals surface area contributed by atoms with Gasteiger partial charge in [0, 0.05) is 31.0 Å². The van der Waals surface area contributed by atoms with Crippen LogP contribution in [0.2, 0.25) is 0 Å². The number of nitrogens with zero attached hydrogens (tertiary/aromatic N) is 3. The second-order valence-electron chi connectivity index (χ2n) is 6.18. The van der Waals surface area contributed by atoms with E-state index in [0.717, 1.165) is 16.8 Å². The fraction of sp³-hybridized carbons (Fsp3) is 0.150. The van der Waals surface area contributed by atoms with Crippen LogP contribution in [0, 0.1) is 0 Å². The molecule has 3 rings (SSSR count). The van der Waals surface area contributed by atoms with Crippen LogP contribution in [0.1, 0.15) is 15.9 Å². The number of aromatic nitrogens is 2. The third kappa shape index (κ3) is 4.14. The van der Waals surface area contributed by atoms with E-state index in [2.05, 4.69) is 5.10 Å². The lowest BCUT2D eigenvalue weighted by atomic mass is 10.0. The van der Waals surface area contributed by atoms with Crippen molar-refractivity contribution in [2.75, 3.05) is 12.3 Å². The standard InChI is InChI=1S/C20H20N4O3/c1-23-18(9-10-22-23)15-7-8-17(21)16(11-15)20(27)24(13-19(25)26)12-14-5-3-2-4-6-14/h2-11H,12-13,21H2,1H3,(H,25,26). The number of anilines is 1. The summed E-state index contributed by atoms with van der Waals surface area (Å²) in [5, 5.41) is 13.4. The number of nitrogen functional groups attached to an aromatic ring is 1. The maximum atomic E-state index is 13.1. The van der Waals surface area contributed by atoms with Gasteiger partial charge in [-0.15, -0.1) is 0 Å². The molecular weight excluding hydrogens is 344 g/mol. The summed E-state index contributed by atoms with van der Waals surface area (Å²) in [6.45, 7) is -0.232. The maximum absolute atomic E-state index is 13.1. The van der Waals surface area contributed by atoms with E-state index in [9.17, 15) is 14.7 Å². The summed E-state index contributed by atoms with van der Waals surface area (Å²) >= 11 is 0. The summed E-state index contributed by atoms with van der Waals surface area (Å²) in [6.07, 6.45) is 1.67. The molecule has 0 saturated heterocycles. The number of hydrogen-bond acceptors (Lipinski definition) is 4. The number of aryl methyl sites for hydroxylation is 1. The van der Waals surface area contributed by atoms with Gasteiger partial charge in [-0.1, -0.05) is 36.4 Å². The fourth-order valence-electron chi connectivity index (χ4n) is 2.89. The molecule has 138 valence electrons. The van der Waals surface area contributed by atoms with Crippen molar-refractivity contribution in [1.82, 2.24) is 14.7 Å². The lowest BCUT2D eigenvalue weighted by Gasteiger charge is -2.22. The Morgan fingerprint density at radius 2 is 1.89 bits per heavy atom. The molecule has 0 unspecified atom stereocenters. The van der Waals surface area contributed by atoms with E-state index in [4.69, 9.17) is 5.73 Å². The number of carbonyl (C=O) groups is 2. The van der Waals surface area contributed by atoms with Gasteiger partial charge in [-0.05, 0) is 23.8 Å². The lowest BCUT2D eigenvalue weighted by molar-refractivity contribution is -0.137. The molecule has 0 spiro atoms. The number of amides is 1. The van der Waals surface area contributed by atoms with Gasteiger partial charge in [0.1, 0.15) is 6.54 Å². The number of aliphatic carboxylic acids is 1. The second-order valence-corrected chi connectivity index (χ2v) is 6.18. The van der Waals surface area contributed by atoms with Gasteiger partial charge in [0.15, 0.2) is 0 Å². The number of hydrogen-bond donors (Lipinski definition) is 2. The van der Waals surface area contributed by atoms with Crippen molar-refractivity contribution in [3.63, 3.8) is 0 Å². The predicted octanol–water partition coefficient (Wildman–Crippen LogP) is 2.40. The average Bonchev–Trinajstić information content (AvgIpc) is 3.07. The van der Waals surface area contributed by atoms with Gasteiger partial charge in [0.2, 0.25) is 0 Å². The second kappa shape index (κ2) is 7.74. The van der Waals surface area contributed by atoms with Gasteiger partial charge < -0.3 is 15.7 Å². The SMILES string of the molecule is Cn1nccc1-c1ccc(N)c(C(=O)N(CC(=O)O)Cc2ccccc2)c1. The summed E-state index contributed by atoms with van der Waals surface area (Å²) in [6, 6.07) is 16.2. The largest absolute Gasteiger partial charge is 0.480 e. The molecule has 0 saturated carbocycles. The monoisotopic (exact) mass is 364 g/mol. The Kier molecular flexibility index (Phi) is 5.21. The van der Waals surface area contributed by atoms with Crippen LogP contribution in [0.4, 0.5) is 5.69 Å². The van der Waals surface area contributed by atoms with Gasteiger partial charge >= 0.3 is 5.97 Å². The molecule has 1 aromatic heterocycles. The molecule has 7 nitrogen and oxygen atoms in total. The third-order valence-corrected chi connectivity index (χ3v) is 4.23. The molecule has 2 aromatic carbocycles. The topological polar surface area (TPSA) is 101 Å². The molecule has 3 aromatic rings. The molecular formula is C20H20N4O3. The van der Waals surface area contributed by atoms with E-state index in [1.807, 2.05) is 42.5 Å². The highest BCUT2D eigenvalue weighted by Crippen LogP contribution is 2.25. The van der Waals surface area contributed by atoms with Crippen molar-refractivity contribution >= 4 is 17.6 Å². The minimum absolute atomic E-state index is 0.182. The summed E-state index contributed by atoms with van der Waals surface area (Å²) < 4.78 is 1.69. The molecule has 0 fully saturated rings. The molecule has 0 aliphatic carbocycles. The molecule has 1 heterocycles. The summed E-state index contributed by atoms with van der Waals surface area (Å²) in [4.78, 5) is 25.6. The van der Waals surface area contributed by atoms with Crippen molar-refractivity contribution in [3.8, 4) is 11.3 Å². The molecule has 1 amide bonds. The van der Waals surface area contributed by atoms with Gasteiger partial charge in [0.25, 0.3) is 5.91 Å². The predicted molar refractivity (Wildman–Crippen MR) is 102 cm³/mol. The Morgan fingerprint density at radius 3 is 2.52 bits per heavy atom. The van der Waals surface area contributed by atoms with Crippen LogP contribution < -0.4 is 5.73 Å². The third-order valence-electron chi connectivity index (χ3n) is 4.23. The highest BCUT2D eigenvalue weighted by molar-refractivity contribution is 6.01. The van der Waals surface area contributed by atoms with E-state index in [1.54, 1.807) is 30.1 Å². The molecule has 0 aliphatic heterocycles. The van der Waals surface area contributed by atoms with Crippen molar-refractivity contribution in [3.05, 3.63) is 71.9 Å². The van der Waals surface area contributed by atoms with Crippen LogP contribution in [0.15, 0.2) is 60.8 Å². The van der Waals surface area contributed by atoms with Crippen molar-refractivity contribution in [2.24, 2.45) is 7.05 Å². The summed E-state index contributed by atoms with van der Waals surface area (Å²) in [5.74, 6) is -1.51. The smallest absolute Gasteiger partial charge is 0.323 e. The van der Waals surface area contributed by atoms with E-state index in [-0.39, 0.29) is 12.1 Å². The molecule has 0 bridgehead atoms. The highest BCUT2D eigenvalue weighted by atomic mass is 16.4. The fourth-order valence-corrected chi connectivity index (χ4v) is 2.89. The lowest BCUT2D eigenvalue weighted by Crippen LogP contribution is -2.35. The molecule has 27 heavy (non-hydrogen) atoms. The maximum Gasteiger partial charge on any atom is 0.323 e. The van der Waals surface area contributed by atoms with Gasteiger partial charge in [-0.3, -0.25) is 14.3 Å². The first-order chi connectivity index (χ1) is 13.0. The number of carbonyl (C=O) groups excluding carboxylic acids is 1. The molecule has 7 heteroatoms. The number of benzene rings is 2. The Hall–Kier alpha value is -3.61. The minimum Gasteiger partial charge on any atom is -0.480 e. The van der Waals surface area contributed by atoms with Crippen LogP contribution in [0.5, 0.6) is 0 Å². The summed E-state index contributed by atoms with van der Waals surface area (Å²) in [7, 11) is 1.80. The van der Waals surface area contributed by atoms with Crippen LogP contribution in [0.3, 0.4) is 0 Å². The van der Waals surface area contributed by atoms with E-state index in [1.165, 1.54) is 4.90 Å². The van der Waals surface area contributed by atoms with Crippen LogP contribution >= 0.6 is 0 Å². The zero-order chi connectivity index (χ0) is 19.4. The van der Waals surface area contributed by atoms with E-state index in [0.29, 0.717) is 5.69 Å². The quantitative estimate of drug-likeness (QED) is 0.654. The zero-order valence-electron chi connectivity index (χ0n) is 14.9. The molecule has 3 N–H and O–H groups in total. The zero-order valence-corrected chi connectivity index (χ0v) is 14.9. The van der Waals surface area contributed by atoms with Crippen LogP contribution in [0.25, 0.3) is 11.3 Å². The number of nitrogens with two attached hydrogens (primary N) is 1. The van der Waals surface area contributed by atoms with E-state index < -0.39 is 18.4 Å². The number of rotatable bonds is 6. The number of carboxylic acid groups (broad SMARTS) is 1. The van der Waals surface area contributed by atoms with E-state index >= 15 is 0 Å².